The van der Waals surface area contributed by atoms with Crippen LogP contribution in [0.25, 0.3) is 0 Å². The number of carbonyl (C=O) groups is 3. The van der Waals surface area contributed by atoms with Gasteiger partial charge in [0.2, 0.25) is 17.7 Å². The number of benzene rings is 2. The summed E-state index contributed by atoms with van der Waals surface area (Å²) in [5, 5.41) is 2.61. The topological polar surface area (TPSA) is 101 Å². The molecule has 1 aliphatic heterocycles. The third kappa shape index (κ3) is 4.17. The molecular weight excluding hydrogens is 472 g/mol. The van der Waals surface area contributed by atoms with Crippen LogP contribution in [0, 0.1) is 0 Å². The Labute approximate surface area is 183 Å². The fourth-order valence-corrected chi connectivity index (χ4v) is 4.69. The van der Waals surface area contributed by atoms with E-state index in [1.165, 1.54) is 38.1 Å². The third-order valence-electron chi connectivity index (χ3n) is 5.01. The first kappa shape index (κ1) is 22.2. The summed E-state index contributed by atoms with van der Waals surface area (Å²) < 4.78 is 25.0. The van der Waals surface area contributed by atoms with Gasteiger partial charge in [0, 0.05) is 23.0 Å². The number of nitrogens with one attached hydrogen (secondary N) is 1. The maximum absolute atomic E-state index is 13.0. The van der Waals surface area contributed by atoms with Gasteiger partial charge < -0.3 is 5.32 Å². The molecule has 0 radical (unpaired) electrons. The number of piperidine rings is 1. The maximum atomic E-state index is 13.0. The van der Waals surface area contributed by atoms with Gasteiger partial charge in [0.15, 0.2) is 9.84 Å². The first-order chi connectivity index (χ1) is 14.0. The molecule has 0 aromatic heterocycles. The largest absolute Gasteiger partial charge is 0.325 e. The SMILES string of the molecule is CC(C)(C(=O)Nc1ccc(N2C(=O)CCCC2=O)cc1)S(=O)(=O)c1ccc(Br)cc1. The average molecular weight is 493 g/mol. The second-order valence-corrected chi connectivity index (χ2v) is 10.9. The number of carbonyl (C=O) groups excluding carboxylic acids is 3. The van der Waals surface area contributed by atoms with Crippen LogP contribution in [-0.2, 0) is 24.2 Å². The molecule has 0 spiro atoms. The molecule has 7 nitrogen and oxygen atoms in total. The molecule has 9 heteroatoms. The van der Waals surface area contributed by atoms with Crippen molar-refractivity contribution in [1.82, 2.24) is 0 Å². The number of hydrogen-bond donors (Lipinski definition) is 1. The first-order valence-corrected chi connectivity index (χ1v) is 11.6. The fourth-order valence-electron chi connectivity index (χ4n) is 3.05. The summed E-state index contributed by atoms with van der Waals surface area (Å²) in [6.45, 7) is 2.69. The molecule has 30 heavy (non-hydrogen) atoms. The zero-order valence-electron chi connectivity index (χ0n) is 16.5. The van der Waals surface area contributed by atoms with Gasteiger partial charge in [0.25, 0.3) is 0 Å². The van der Waals surface area contributed by atoms with Gasteiger partial charge >= 0.3 is 0 Å². The number of nitrogens with zero attached hydrogens (tertiary/aromatic N) is 1. The van der Waals surface area contributed by atoms with Crippen LogP contribution in [0.2, 0.25) is 0 Å². The lowest BCUT2D eigenvalue weighted by atomic mass is 10.1. The summed E-state index contributed by atoms with van der Waals surface area (Å²) in [4.78, 5) is 38.0. The molecular formula is C21H21BrN2O5S. The highest BCUT2D eigenvalue weighted by molar-refractivity contribution is 9.10. The van der Waals surface area contributed by atoms with E-state index in [0.717, 1.165) is 9.37 Å². The number of rotatable bonds is 5. The molecule has 158 valence electrons. The summed E-state index contributed by atoms with van der Waals surface area (Å²) in [5.41, 5.74) is 0.782. The Morgan fingerprint density at radius 2 is 1.50 bits per heavy atom. The molecule has 2 aromatic rings. The Morgan fingerprint density at radius 3 is 2.03 bits per heavy atom. The Bertz CT molecular complexity index is 1080. The summed E-state index contributed by atoms with van der Waals surface area (Å²) in [6.07, 6.45) is 1.17. The van der Waals surface area contributed by atoms with Crippen LogP contribution < -0.4 is 10.2 Å². The number of sulfone groups is 1. The standard InChI is InChI=1S/C21H21BrN2O5S/c1-21(2,30(28,29)17-12-6-14(22)7-13-17)20(27)23-15-8-10-16(11-9-15)24-18(25)4-3-5-19(24)26/h6-13H,3-5H2,1-2H3,(H,23,27). The zero-order chi connectivity index (χ0) is 22.1. The number of hydrogen-bond acceptors (Lipinski definition) is 5. The minimum absolute atomic E-state index is 0.0447. The van der Waals surface area contributed by atoms with Crippen LogP contribution in [0.5, 0.6) is 0 Å². The lowest BCUT2D eigenvalue weighted by Crippen LogP contribution is -2.44. The van der Waals surface area contributed by atoms with Crippen molar-refractivity contribution in [2.75, 3.05) is 10.2 Å². The number of imide groups is 1. The summed E-state index contributed by atoms with van der Waals surface area (Å²) in [6, 6.07) is 12.2. The predicted molar refractivity (Wildman–Crippen MR) is 117 cm³/mol. The van der Waals surface area contributed by atoms with E-state index in [9.17, 15) is 22.8 Å². The van der Waals surface area contributed by atoms with Crippen molar-refractivity contribution in [3.63, 3.8) is 0 Å². The second-order valence-electron chi connectivity index (χ2n) is 7.45. The smallest absolute Gasteiger partial charge is 0.245 e. The molecule has 1 N–H and O–H groups in total. The van der Waals surface area contributed by atoms with Crippen LogP contribution in [0.4, 0.5) is 11.4 Å². The average Bonchev–Trinajstić information content (AvgIpc) is 2.69. The molecule has 1 fully saturated rings. The summed E-state index contributed by atoms with van der Waals surface area (Å²) in [5.74, 6) is -1.21. The minimum atomic E-state index is -3.94. The quantitative estimate of drug-likeness (QED) is 0.641. The van der Waals surface area contributed by atoms with E-state index >= 15 is 0 Å². The molecule has 1 aliphatic rings. The highest BCUT2D eigenvalue weighted by Crippen LogP contribution is 2.29. The zero-order valence-corrected chi connectivity index (χ0v) is 18.9. The molecule has 1 heterocycles. The molecule has 3 rings (SSSR count). The van der Waals surface area contributed by atoms with E-state index in [1.54, 1.807) is 24.3 Å². The van der Waals surface area contributed by atoms with Crippen molar-refractivity contribution in [3.05, 3.63) is 53.0 Å². The van der Waals surface area contributed by atoms with Gasteiger partial charge in [0.1, 0.15) is 4.75 Å². The molecule has 0 atom stereocenters. The van der Waals surface area contributed by atoms with Crippen LogP contribution >= 0.6 is 15.9 Å². The van der Waals surface area contributed by atoms with Crippen LogP contribution in [0.15, 0.2) is 57.9 Å². The molecule has 2 aromatic carbocycles. The van der Waals surface area contributed by atoms with E-state index in [2.05, 4.69) is 21.2 Å². The fraction of sp³-hybridized carbons (Fsp3) is 0.286. The van der Waals surface area contributed by atoms with Crippen molar-refractivity contribution in [3.8, 4) is 0 Å². The Morgan fingerprint density at radius 1 is 0.967 bits per heavy atom. The lowest BCUT2D eigenvalue weighted by molar-refractivity contribution is -0.129. The molecule has 3 amide bonds. The predicted octanol–water partition coefficient (Wildman–Crippen LogP) is 3.68. The van der Waals surface area contributed by atoms with Gasteiger partial charge in [0.05, 0.1) is 10.6 Å². The van der Waals surface area contributed by atoms with E-state index in [-0.39, 0.29) is 16.7 Å². The van der Waals surface area contributed by atoms with Crippen molar-refractivity contribution >= 4 is 54.9 Å². The molecule has 0 bridgehead atoms. The Hall–Kier alpha value is -2.52. The van der Waals surface area contributed by atoms with Gasteiger partial charge in [-0.2, -0.15) is 0 Å². The van der Waals surface area contributed by atoms with E-state index < -0.39 is 20.5 Å². The first-order valence-electron chi connectivity index (χ1n) is 9.31. The van der Waals surface area contributed by atoms with E-state index in [1.807, 2.05) is 0 Å². The van der Waals surface area contributed by atoms with E-state index in [4.69, 9.17) is 0 Å². The Balaban J connectivity index is 1.78. The highest BCUT2D eigenvalue weighted by atomic mass is 79.9. The second kappa shape index (κ2) is 8.31. The molecule has 0 unspecified atom stereocenters. The van der Waals surface area contributed by atoms with Crippen LogP contribution in [0.3, 0.4) is 0 Å². The number of halogens is 1. The minimum Gasteiger partial charge on any atom is -0.325 e. The molecule has 0 saturated carbocycles. The van der Waals surface area contributed by atoms with Crippen molar-refractivity contribution in [2.45, 2.75) is 42.8 Å². The normalized spacial score (nSPS) is 15.2. The van der Waals surface area contributed by atoms with Gasteiger partial charge in [-0.05, 0) is 68.8 Å². The van der Waals surface area contributed by atoms with Gasteiger partial charge in [-0.3, -0.25) is 19.3 Å². The third-order valence-corrected chi connectivity index (χ3v) is 7.96. The van der Waals surface area contributed by atoms with Crippen molar-refractivity contribution < 1.29 is 22.8 Å². The van der Waals surface area contributed by atoms with Crippen molar-refractivity contribution in [2.24, 2.45) is 0 Å². The van der Waals surface area contributed by atoms with Crippen LogP contribution in [-0.4, -0.2) is 30.9 Å². The van der Waals surface area contributed by atoms with Crippen LogP contribution in [0.1, 0.15) is 33.1 Å². The van der Waals surface area contributed by atoms with Gasteiger partial charge in [-0.25, -0.2) is 8.42 Å². The summed E-state index contributed by atoms with van der Waals surface area (Å²) in [7, 11) is -3.94. The Kier molecular flexibility index (Phi) is 6.14. The number of anilines is 2. The summed E-state index contributed by atoms with van der Waals surface area (Å²) >= 11 is 3.26. The van der Waals surface area contributed by atoms with Crippen molar-refractivity contribution in [1.29, 1.82) is 0 Å². The molecule has 1 saturated heterocycles. The lowest BCUT2D eigenvalue weighted by Gasteiger charge is -2.26. The van der Waals surface area contributed by atoms with Gasteiger partial charge in [-0.1, -0.05) is 15.9 Å². The highest BCUT2D eigenvalue weighted by Gasteiger charge is 2.42. The monoisotopic (exact) mass is 492 g/mol. The maximum Gasteiger partial charge on any atom is 0.245 e. The number of amides is 3. The van der Waals surface area contributed by atoms with Gasteiger partial charge in [-0.15, -0.1) is 0 Å². The molecule has 0 aliphatic carbocycles. The van der Waals surface area contributed by atoms with E-state index in [0.29, 0.717) is 30.6 Å².